The fourth-order valence-electron chi connectivity index (χ4n) is 1.18. The zero-order valence-electron chi connectivity index (χ0n) is 10.3. The van der Waals surface area contributed by atoms with Crippen molar-refractivity contribution < 1.29 is 39.5 Å². The number of rotatable bonds is 10. The fourth-order valence-corrected chi connectivity index (χ4v) is 1.18. The first-order chi connectivity index (χ1) is 7.63. The van der Waals surface area contributed by atoms with Crippen LogP contribution in [0.25, 0.3) is 0 Å². The Hall–Kier alpha value is 0.230. The molecule has 0 radical (unpaired) electrons. The molecule has 8 nitrogen and oxygen atoms in total. The third kappa shape index (κ3) is 7.29. The van der Waals surface area contributed by atoms with Gasteiger partial charge in [0.25, 0.3) is 0 Å². The van der Waals surface area contributed by atoms with E-state index in [0.29, 0.717) is 39.3 Å². The Bertz CT molecular complexity index is 185. The van der Waals surface area contributed by atoms with Crippen LogP contribution in [-0.2, 0) is 4.79 Å². The summed E-state index contributed by atoms with van der Waals surface area (Å²) >= 11 is 0. The van der Waals surface area contributed by atoms with Crippen molar-refractivity contribution in [1.29, 1.82) is 0 Å². The van der Waals surface area contributed by atoms with Crippen LogP contribution in [0, 0.1) is 0 Å². The van der Waals surface area contributed by atoms with Crippen LogP contribution >= 0.6 is 0 Å². The maximum Gasteiger partial charge on any atom is 1.00 e. The summed E-state index contributed by atoms with van der Waals surface area (Å²) in [6, 6.07) is 0. The number of hydrogen-bond donors (Lipinski definition) is 6. The predicted molar refractivity (Wildman–Crippen MR) is 58.9 cm³/mol. The number of nitrogens with one attached hydrogen (secondary N) is 3. The van der Waals surface area contributed by atoms with Gasteiger partial charge in [-0.25, -0.2) is 0 Å². The minimum atomic E-state index is -1.53. The zero-order valence-corrected chi connectivity index (χ0v) is 12.3. The van der Waals surface area contributed by atoms with Crippen LogP contribution in [0.2, 0.25) is 0 Å². The van der Waals surface area contributed by atoms with E-state index in [0.717, 1.165) is 0 Å². The Kier molecular flexibility index (Phi) is 13.0. The van der Waals surface area contributed by atoms with Crippen molar-refractivity contribution in [2.24, 2.45) is 17.2 Å². The molecule has 0 aromatic rings. The van der Waals surface area contributed by atoms with Gasteiger partial charge in [-0.3, -0.25) is 16.0 Å². The second kappa shape index (κ2) is 11.3. The molecule has 0 aliphatic rings. The van der Waals surface area contributed by atoms with E-state index in [9.17, 15) is 9.90 Å². The monoisotopic (exact) mass is 256 g/mol. The summed E-state index contributed by atoms with van der Waals surface area (Å²) in [6.07, 6.45) is 0. The third-order valence-electron chi connectivity index (χ3n) is 1.91. The van der Waals surface area contributed by atoms with Crippen LogP contribution < -0.4 is 67.8 Å². The van der Waals surface area contributed by atoms with Gasteiger partial charge in [0.15, 0.2) is 5.79 Å². The standard InChI is InChI=1S/C8H22N6O2.Na/c9-1-4-12-8(7(15)16,13-5-2-10)14-6-3-11;/h12-14H,1-6,9-11H2,(H,15,16);/q;+1/p-1. The number of aliphatic carboxylic acids is 1. The maximum atomic E-state index is 11.1. The molecule has 0 aromatic carbocycles. The second-order valence-electron chi connectivity index (χ2n) is 3.18. The molecule has 0 amide bonds. The molecule has 0 fully saturated rings. The van der Waals surface area contributed by atoms with Crippen LogP contribution in [0.4, 0.5) is 0 Å². The molecule has 96 valence electrons. The molecule has 0 saturated carbocycles. The molecule has 0 aliphatic heterocycles. The number of nitrogens with two attached hydrogens (primary N) is 3. The Labute approximate surface area is 123 Å². The summed E-state index contributed by atoms with van der Waals surface area (Å²) in [4.78, 5) is 11.1. The summed E-state index contributed by atoms with van der Waals surface area (Å²) in [7, 11) is 0. The summed E-state index contributed by atoms with van der Waals surface area (Å²) in [5.74, 6) is -2.85. The topological polar surface area (TPSA) is 154 Å². The number of carboxylic acids is 1. The molecule has 0 aromatic heterocycles. The van der Waals surface area contributed by atoms with Crippen molar-refractivity contribution in [2.75, 3.05) is 39.3 Å². The number of carbonyl (C=O) groups is 1. The van der Waals surface area contributed by atoms with E-state index in [2.05, 4.69) is 16.0 Å². The molecule has 0 unspecified atom stereocenters. The molecule has 0 spiro atoms. The zero-order chi connectivity index (χ0) is 12.4. The normalized spacial score (nSPS) is 11.0. The second-order valence-corrected chi connectivity index (χ2v) is 3.18. The van der Waals surface area contributed by atoms with Gasteiger partial charge in [-0.1, -0.05) is 0 Å². The van der Waals surface area contributed by atoms with Crippen molar-refractivity contribution in [3.05, 3.63) is 0 Å². The van der Waals surface area contributed by atoms with E-state index >= 15 is 0 Å². The Balaban J connectivity index is 0. The minimum absolute atomic E-state index is 0. The third-order valence-corrected chi connectivity index (χ3v) is 1.91. The maximum absolute atomic E-state index is 11.1. The van der Waals surface area contributed by atoms with Crippen molar-refractivity contribution in [3.63, 3.8) is 0 Å². The summed E-state index contributed by atoms with van der Waals surface area (Å²) in [5, 5.41) is 19.3. The summed E-state index contributed by atoms with van der Waals surface area (Å²) in [6.45, 7) is 1.90. The molecule has 0 heterocycles. The van der Waals surface area contributed by atoms with Crippen molar-refractivity contribution in [1.82, 2.24) is 16.0 Å². The Morgan fingerprint density at radius 1 is 0.941 bits per heavy atom. The van der Waals surface area contributed by atoms with Crippen molar-refractivity contribution >= 4 is 5.97 Å². The first-order valence-corrected chi connectivity index (χ1v) is 5.19. The quantitative estimate of drug-likeness (QED) is 0.166. The van der Waals surface area contributed by atoms with E-state index < -0.39 is 11.8 Å². The smallest absolute Gasteiger partial charge is 0.545 e. The molecule has 0 aliphatic carbocycles. The van der Waals surface area contributed by atoms with E-state index in [1.54, 1.807) is 0 Å². The molecule has 17 heavy (non-hydrogen) atoms. The number of hydrogen-bond acceptors (Lipinski definition) is 8. The van der Waals surface area contributed by atoms with E-state index in [4.69, 9.17) is 17.2 Å². The average Bonchev–Trinajstić information content (AvgIpc) is 2.28. The van der Waals surface area contributed by atoms with Gasteiger partial charge in [0, 0.05) is 39.3 Å². The average molecular weight is 256 g/mol. The fraction of sp³-hybridized carbons (Fsp3) is 0.875. The van der Waals surface area contributed by atoms with Gasteiger partial charge in [-0.15, -0.1) is 0 Å². The first-order valence-electron chi connectivity index (χ1n) is 5.19. The van der Waals surface area contributed by atoms with Gasteiger partial charge in [0.1, 0.15) is 0 Å². The van der Waals surface area contributed by atoms with E-state index in [1.165, 1.54) is 0 Å². The van der Waals surface area contributed by atoms with E-state index in [-0.39, 0.29) is 29.6 Å². The largest absolute Gasteiger partial charge is 1.00 e. The van der Waals surface area contributed by atoms with Gasteiger partial charge in [0.05, 0.1) is 5.97 Å². The van der Waals surface area contributed by atoms with E-state index in [1.807, 2.05) is 0 Å². The van der Waals surface area contributed by atoms with Gasteiger partial charge in [-0.2, -0.15) is 0 Å². The van der Waals surface area contributed by atoms with Crippen molar-refractivity contribution in [2.45, 2.75) is 5.79 Å². The SMILES string of the molecule is NCCNC(NCCN)(NCCN)C(=O)[O-].[Na+]. The molecule has 0 rings (SSSR count). The van der Waals surface area contributed by atoms with Crippen LogP contribution in [0.3, 0.4) is 0 Å². The van der Waals surface area contributed by atoms with Gasteiger partial charge >= 0.3 is 29.6 Å². The van der Waals surface area contributed by atoms with Crippen LogP contribution in [-0.4, -0.2) is 51.0 Å². The predicted octanol–water partition coefficient (Wildman–Crippen LogP) is -7.96. The number of carbonyl (C=O) groups excluding carboxylic acids is 1. The van der Waals surface area contributed by atoms with Crippen LogP contribution in [0.15, 0.2) is 0 Å². The van der Waals surface area contributed by atoms with Crippen LogP contribution in [0.5, 0.6) is 0 Å². The molecular weight excluding hydrogens is 235 g/mol. The molecule has 0 saturated heterocycles. The van der Waals surface area contributed by atoms with Crippen LogP contribution in [0.1, 0.15) is 0 Å². The Morgan fingerprint density at radius 2 is 1.24 bits per heavy atom. The van der Waals surface area contributed by atoms with Gasteiger partial charge in [0.2, 0.25) is 0 Å². The molecule has 0 atom stereocenters. The molecule has 9 heteroatoms. The van der Waals surface area contributed by atoms with Crippen molar-refractivity contribution in [3.8, 4) is 0 Å². The van der Waals surface area contributed by atoms with Gasteiger partial charge < -0.3 is 27.1 Å². The molecular formula is C8H21N6NaO2. The van der Waals surface area contributed by atoms with Gasteiger partial charge in [-0.05, 0) is 0 Å². The minimum Gasteiger partial charge on any atom is -0.545 e. The molecule has 9 N–H and O–H groups in total. The Morgan fingerprint density at radius 3 is 1.41 bits per heavy atom. The first kappa shape index (κ1) is 19.6. The molecule has 0 bridgehead atoms. The number of carboxylic acid groups (broad SMARTS) is 1. The summed E-state index contributed by atoms with van der Waals surface area (Å²) < 4.78 is 0. The summed E-state index contributed by atoms with van der Waals surface area (Å²) in [5.41, 5.74) is 15.9.